The molecule has 0 spiro atoms. The molecule has 0 saturated heterocycles. The van der Waals surface area contributed by atoms with Gasteiger partial charge in [0.25, 0.3) is 0 Å². The molecule has 0 nitrogen and oxygen atoms in total. The van der Waals surface area contributed by atoms with Gasteiger partial charge in [-0.25, -0.2) is 0 Å². The molecule has 0 heterocycles. The van der Waals surface area contributed by atoms with E-state index in [-0.39, 0.29) is 0 Å². The summed E-state index contributed by atoms with van der Waals surface area (Å²) in [6, 6.07) is 15.3. The van der Waals surface area contributed by atoms with Crippen LogP contribution in [0.5, 0.6) is 0 Å². The summed E-state index contributed by atoms with van der Waals surface area (Å²) >= 11 is 0. The first-order valence-electron chi connectivity index (χ1n) is 12.2. The molecule has 0 amide bonds. The smallest absolute Gasteiger partial charge is 0.125 e. The summed E-state index contributed by atoms with van der Waals surface area (Å²) in [6.07, 6.45) is 9.31. The molecule has 0 aliphatic carbocycles. The Balaban J connectivity index is 2.35. The predicted molar refractivity (Wildman–Crippen MR) is 146 cm³/mol. The van der Waals surface area contributed by atoms with Gasteiger partial charge in [-0.05, 0) is 74.8 Å². The highest BCUT2D eigenvalue weighted by atomic mass is 28.3. The number of rotatable bonds is 6. The van der Waals surface area contributed by atoms with E-state index in [1.54, 1.807) is 0 Å². The topological polar surface area (TPSA) is 0 Å². The van der Waals surface area contributed by atoms with Gasteiger partial charge in [-0.3, -0.25) is 0 Å². The van der Waals surface area contributed by atoms with E-state index < -0.39 is 8.07 Å². The van der Waals surface area contributed by atoms with Crippen molar-refractivity contribution in [2.24, 2.45) is 0 Å². The molecular weight excluding hydrogens is 400 g/mol. The van der Waals surface area contributed by atoms with Crippen LogP contribution in [0.3, 0.4) is 0 Å². The molecule has 0 unspecified atom stereocenters. The quantitative estimate of drug-likeness (QED) is 0.205. The molecule has 32 heavy (non-hydrogen) atoms. The summed E-state index contributed by atoms with van der Waals surface area (Å²) in [5.41, 5.74) is 9.34. The van der Waals surface area contributed by atoms with Crippen LogP contribution in [0, 0.1) is 23.8 Å². The largest absolute Gasteiger partial charge is 0.146 e. The number of benzene rings is 3. The molecule has 1 heteroatoms. The number of fused-ring (bicyclic) bond motifs is 2. The van der Waals surface area contributed by atoms with Crippen LogP contribution >= 0.6 is 0 Å². The van der Waals surface area contributed by atoms with E-state index in [9.17, 15) is 0 Å². The monoisotopic (exact) mass is 438 g/mol. The first-order chi connectivity index (χ1) is 15.3. The highest BCUT2D eigenvalue weighted by Crippen LogP contribution is 2.41. The van der Waals surface area contributed by atoms with Crippen molar-refractivity contribution in [2.45, 2.75) is 84.4 Å². The van der Waals surface area contributed by atoms with Gasteiger partial charge in [0.2, 0.25) is 0 Å². The fourth-order valence-electron chi connectivity index (χ4n) is 5.72. The fraction of sp³-hybridized carbons (Fsp3) is 0.419. The van der Waals surface area contributed by atoms with Gasteiger partial charge in [-0.1, -0.05) is 91.0 Å². The van der Waals surface area contributed by atoms with E-state index in [1.807, 2.05) is 0 Å². The van der Waals surface area contributed by atoms with Crippen molar-refractivity contribution in [3.8, 4) is 23.8 Å². The first-order valence-corrected chi connectivity index (χ1v) is 14.5. The van der Waals surface area contributed by atoms with Gasteiger partial charge < -0.3 is 0 Å². The van der Waals surface area contributed by atoms with Gasteiger partial charge in [0, 0.05) is 11.1 Å². The van der Waals surface area contributed by atoms with Crippen molar-refractivity contribution in [1.29, 1.82) is 0 Å². The third-order valence-corrected chi connectivity index (χ3v) is 13.7. The third kappa shape index (κ3) is 4.24. The second-order valence-corrected chi connectivity index (χ2v) is 15.6. The van der Waals surface area contributed by atoms with Crippen molar-refractivity contribution in [2.75, 3.05) is 0 Å². The first kappa shape index (κ1) is 24.2. The second kappa shape index (κ2) is 9.98. The van der Waals surface area contributed by atoms with Crippen molar-refractivity contribution < 1.29 is 0 Å². The van der Waals surface area contributed by atoms with E-state index in [4.69, 9.17) is 6.42 Å². The number of unbranched alkanes of at least 4 members (excludes halogenated alkanes) is 1. The lowest BCUT2D eigenvalue weighted by atomic mass is 9.90. The Labute approximate surface area is 196 Å². The Kier molecular flexibility index (Phi) is 7.54. The standard InChI is InChI=1S/C31H38Si/c1-9-11-16-27-28-17-12-14-25(10-2)30(28)21-31-26(15-13-18-29(27)31)19-20-32(22(3)4,23(5)6)24(7)8/h2,12-15,17-18,21-24H,9,11,16H2,1,3-8H3. The number of aryl methyl sites for hydroxylation is 1. The molecule has 0 aliphatic rings. The maximum Gasteiger partial charge on any atom is 0.146 e. The van der Waals surface area contributed by atoms with Gasteiger partial charge in [0.05, 0.1) is 0 Å². The van der Waals surface area contributed by atoms with Crippen LogP contribution in [0.1, 0.15) is 78.0 Å². The van der Waals surface area contributed by atoms with Gasteiger partial charge in [0.1, 0.15) is 8.07 Å². The minimum atomic E-state index is -1.80. The summed E-state index contributed by atoms with van der Waals surface area (Å²) in [4.78, 5) is 0. The van der Waals surface area contributed by atoms with Crippen molar-refractivity contribution in [3.63, 3.8) is 0 Å². The minimum Gasteiger partial charge on any atom is -0.125 e. The van der Waals surface area contributed by atoms with E-state index in [0.717, 1.165) is 17.5 Å². The second-order valence-electron chi connectivity index (χ2n) is 10.1. The Bertz CT molecular complexity index is 1190. The van der Waals surface area contributed by atoms with Crippen LogP contribution in [-0.4, -0.2) is 8.07 Å². The Morgan fingerprint density at radius 1 is 0.781 bits per heavy atom. The Morgan fingerprint density at radius 2 is 1.31 bits per heavy atom. The summed E-state index contributed by atoms with van der Waals surface area (Å²) in [5.74, 6) is 6.63. The third-order valence-electron chi connectivity index (χ3n) is 7.37. The zero-order valence-electron chi connectivity index (χ0n) is 21.0. The summed E-state index contributed by atoms with van der Waals surface area (Å²) in [6.45, 7) is 16.5. The maximum atomic E-state index is 5.89. The fourth-order valence-corrected chi connectivity index (χ4v) is 10.9. The number of hydrogen-bond donors (Lipinski definition) is 0. The van der Waals surface area contributed by atoms with E-state index in [2.05, 4.69) is 108 Å². The molecule has 0 radical (unpaired) electrons. The van der Waals surface area contributed by atoms with Gasteiger partial charge in [0.15, 0.2) is 0 Å². The van der Waals surface area contributed by atoms with E-state index >= 15 is 0 Å². The molecule has 3 aromatic rings. The van der Waals surface area contributed by atoms with E-state index in [1.165, 1.54) is 39.9 Å². The SMILES string of the molecule is C#Cc1cccc2c(CCCC)c3cccc(C#C[Si](C(C)C)(C(C)C)C(C)C)c3cc12. The average Bonchev–Trinajstić information content (AvgIpc) is 2.76. The maximum absolute atomic E-state index is 5.89. The lowest BCUT2D eigenvalue weighted by molar-refractivity contribution is 0.802. The molecule has 0 atom stereocenters. The van der Waals surface area contributed by atoms with Crippen molar-refractivity contribution in [1.82, 2.24) is 0 Å². The molecule has 3 rings (SSSR count). The summed E-state index contributed by atoms with van der Waals surface area (Å²) in [7, 11) is -1.80. The highest BCUT2D eigenvalue weighted by Gasteiger charge is 2.41. The predicted octanol–water partition coefficient (Wildman–Crippen LogP) is 8.89. The molecule has 0 fully saturated rings. The van der Waals surface area contributed by atoms with Crippen LogP contribution in [0.15, 0.2) is 42.5 Å². The molecule has 0 saturated carbocycles. The molecular formula is C31H38Si. The van der Waals surface area contributed by atoms with Crippen molar-refractivity contribution >= 4 is 29.6 Å². The molecule has 3 aromatic carbocycles. The summed E-state index contributed by atoms with van der Waals surface area (Å²) in [5, 5.41) is 5.06. The van der Waals surface area contributed by atoms with Crippen LogP contribution in [0.4, 0.5) is 0 Å². The highest BCUT2D eigenvalue weighted by molar-refractivity contribution is 6.90. The molecule has 0 aromatic heterocycles. The normalized spacial score (nSPS) is 11.9. The van der Waals surface area contributed by atoms with Gasteiger partial charge in [-0.2, -0.15) is 0 Å². The van der Waals surface area contributed by atoms with Crippen molar-refractivity contribution in [3.05, 3.63) is 59.2 Å². The zero-order valence-corrected chi connectivity index (χ0v) is 22.0. The molecule has 0 aliphatic heterocycles. The van der Waals surface area contributed by atoms with Crippen LogP contribution < -0.4 is 0 Å². The molecule has 0 N–H and O–H groups in total. The number of hydrogen-bond acceptors (Lipinski definition) is 0. The molecule has 0 bridgehead atoms. The lowest BCUT2D eigenvalue weighted by Crippen LogP contribution is -2.43. The van der Waals surface area contributed by atoms with Crippen LogP contribution in [0.2, 0.25) is 16.6 Å². The average molecular weight is 439 g/mol. The zero-order chi connectivity index (χ0) is 23.5. The summed E-state index contributed by atoms with van der Waals surface area (Å²) < 4.78 is 0. The lowest BCUT2D eigenvalue weighted by Gasteiger charge is -2.38. The molecule has 166 valence electrons. The van der Waals surface area contributed by atoms with E-state index in [0.29, 0.717) is 16.6 Å². The van der Waals surface area contributed by atoms with Crippen LogP contribution in [0.25, 0.3) is 21.5 Å². The van der Waals surface area contributed by atoms with Gasteiger partial charge >= 0.3 is 0 Å². The van der Waals surface area contributed by atoms with Crippen LogP contribution in [-0.2, 0) is 6.42 Å². The minimum absolute atomic E-state index is 0.624. The Hall–Kier alpha value is -2.48. The Morgan fingerprint density at radius 3 is 1.81 bits per heavy atom. The number of terminal acetylenes is 1. The van der Waals surface area contributed by atoms with Gasteiger partial charge in [-0.15, -0.1) is 12.0 Å².